The Balaban J connectivity index is 3.94. The lowest BCUT2D eigenvalue weighted by Crippen LogP contribution is -2.37. The summed E-state index contributed by atoms with van der Waals surface area (Å²) in [7, 11) is 0. The van der Waals surface area contributed by atoms with E-state index in [0.29, 0.717) is 5.01 Å². The van der Waals surface area contributed by atoms with Crippen molar-refractivity contribution in [3.05, 3.63) is 11.9 Å². The van der Waals surface area contributed by atoms with Crippen LogP contribution in [0.5, 0.6) is 0 Å². The zero-order chi connectivity index (χ0) is 11.1. The molecular weight excluding hydrogens is 200 g/mol. The SMILES string of the molecule is N/C=C(/C(=O)O)N(N)CCOC(F)F. The predicted molar refractivity (Wildman–Crippen MR) is 42.8 cm³/mol. The number of ether oxygens (including phenoxy) is 1. The van der Waals surface area contributed by atoms with Crippen molar-refractivity contribution in [3.63, 3.8) is 0 Å². The number of aliphatic carboxylic acids is 1. The number of hydrogen-bond donors (Lipinski definition) is 3. The number of alkyl halides is 2. The van der Waals surface area contributed by atoms with Gasteiger partial charge in [0.25, 0.3) is 0 Å². The second kappa shape index (κ2) is 6.11. The molecule has 14 heavy (non-hydrogen) atoms. The van der Waals surface area contributed by atoms with Crippen LogP contribution in [0.15, 0.2) is 11.9 Å². The van der Waals surface area contributed by atoms with Gasteiger partial charge in [-0.05, 0) is 0 Å². The van der Waals surface area contributed by atoms with E-state index in [1.165, 1.54) is 0 Å². The molecule has 0 bridgehead atoms. The lowest BCUT2D eigenvalue weighted by Gasteiger charge is -2.17. The number of carboxylic acid groups (broad SMARTS) is 1. The van der Waals surface area contributed by atoms with Crippen molar-refractivity contribution < 1.29 is 23.4 Å². The minimum Gasteiger partial charge on any atom is -0.476 e. The summed E-state index contributed by atoms with van der Waals surface area (Å²) in [4.78, 5) is 10.4. The summed E-state index contributed by atoms with van der Waals surface area (Å²) in [6.45, 7) is -3.49. The fourth-order valence-electron chi connectivity index (χ4n) is 0.650. The average molecular weight is 211 g/mol. The summed E-state index contributed by atoms with van der Waals surface area (Å²) in [6.07, 6.45) is 0.769. The van der Waals surface area contributed by atoms with Crippen molar-refractivity contribution in [1.29, 1.82) is 0 Å². The lowest BCUT2D eigenvalue weighted by atomic mass is 10.4. The summed E-state index contributed by atoms with van der Waals surface area (Å²) >= 11 is 0. The molecule has 0 atom stereocenters. The average Bonchev–Trinajstić information content (AvgIpc) is 2.03. The van der Waals surface area contributed by atoms with Gasteiger partial charge in [0.15, 0.2) is 5.70 Å². The topological polar surface area (TPSA) is 102 Å². The maximum Gasteiger partial charge on any atom is 0.355 e. The monoisotopic (exact) mass is 211 g/mol. The molecule has 0 aromatic rings. The van der Waals surface area contributed by atoms with Crippen molar-refractivity contribution in [2.24, 2.45) is 11.6 Å². The van der Waals surface area contributed by atoms with Gasteiger partial charge in [-0.2, -0.15) is 8.78 Å². The minimum atomic E-state index is -2.90. The normalized spacial score (nSPS) is 11.9. The van der Waals surface area contributed by atoms with Gasteiger partial charge in [0, 0.05) is 6.20 Å². The van der Waals surface area contributed by atoms with E-state index < -0.39 is 19.2 Å². The number of rotatable bonds is 6. The highest BCUT2D eigenvalue weighted by Gasteiger charge is 2.13. The summed E-state index contributed by atoms with van der Waals surface area (Å²) in [5, 5.41) is 9.21. The van der Waals surface area contributed by atoms with Crippen LogP contribution in [0.3, 0.4) is 0 Å². The van der Waals surface area contributed by atoms with Crippen molar-refractivity contribution in [2.45, 2.75) is 6.61 Å². The van der Waals surface area contributed by atoms with E-state index in [9.17, 15) is 13.6 Å². The van der Waals surface area contributed by atoms with E-state index in [4.69, 9.17) is 16.7 Å². The van der Waals surface area contributed by atoms with Crippen molar-refractivity contribution in [3.8, 4) is 0 Å². The number of halogens is 2. The Labute approximate surface area is 78.7 Å². The largest absolute Gasteiger partial charge is 0.476 e. The highest BCUT2D eigenvalue weighted by molar-refractivity contribution is 5.85. The van der Waals surface area contributed by atoms with E-state index in [-0.39, 0.29) is 12.2 Å². The molecule has 8 heteroatoms. The molecule has 0 aliphatic heterocycles. The van der Waals surface area contributed by atoms with Gasteiger partial charge in [0.2, 0.25) is 0 Å². The summed E-state index contributed by atoms with van der Waals surface area (Å²) in [5.74, 6) is 3.85. The maximum atomic E-state index is 11.5. The molecule has 0 aliphatic carbocycles. The van der Waals surface area contributed by atoms with Crippen LogP contribution in [0.4, 0.5) is 8.78 Å². The molecular formula is C6H11F2N3O3. The van der Waals surface area contributed by atoms with Gasteiger partial charge < -0.3 is 20.6 Å². The van der Waals surface area contributed by atoms with Gasteiger partial charge in [0.1, 0.15) is 0 Å². The Hall–Kier alpha value is -1.41. The Kier molecular flexibility index (Phi) is 5.49. The third-order valence-corrected chi connectivity index (χ3v) is 1.26. The van der Waals surface area contributed by atoms with Crippen LogP contribution in [0.1, 0.15) is 0 Å². The highest BCUT2D eigenvalue weighted by Crippen LogP contribution is 1.98. The Bertz CT molecular complexity index is 222. The van der Waals surface area contributed by atoms with E-state index in [0.717, 1.165) is 6.20 Å². The highest BCUT2D eigenvalue weighted by atomic mass is 19.3. The maximum absolute atomic E-state index is 11.5. The van der Waals surface area contributed by atoms with Gasteiger partial charge in [-0.15, -0.1) is 0 Å². The quantitative estimate of drug-likeness (QED) is 0.304. The van der Waals surface area contributed by atoms with Gasteiger partial charge in [-0.3, -0.25) is 0 Å². The second-order valence-electron chi connectivity index (χ2n) is 2.18. The first-order valence-electron chi connectivity index (χ1n) is 3.56. The van der Waals surface area contributed by atoms with E-state index in [2.05, 4.69) is 4.74 Å². The first-order valence-corrected chi connectivity index (χ1v) is 3.56. The smallest absolute Gasteiger partial charge is 0.355 e. The molecule has 82 valence electrons. The van der Waals surface area contributed by atoms with Crippen molar-refractivity contribution in [1.82, 2.24) is 5.01 Å². The molecule has 0 heterocycles. The number of nitrogens with zero attached hydrogens (tertiary/aromatic N) is 1. The predicted octanol–water partition coefficient (Wildman–Crippen LogP) is -0.714. The number of hydrazine groups is 1. The first kappa shape index (κ1) is 12.6. The second-order valence-corrected chi connectivity index (χ2v) is 2.18. The van der Waals surface area contributed by atoms with Crippen LogP contribution in [0, 0.1) is 0 Å². The van der Waals surface area contributed by atoms with E-state index >= 15 is 0 Å². The standard InChI is InChI=1S/C6H11F2N3O3/c7-6(8)14-2-1-11(10)4(3-9)5(12)13/h3,6H,1-2,9-10H2,(H,12,13)/b4-3-. The first-order chi connectivity index (χ1) is 6.49. The number of hydrogen-bond acceptors (Lipinski definition) is 5. The summed E-state index contributed by atoms with van der Waals surface area (Å²) < 4.78 is 26.9. The molecule has 0 radical (unpaired) electrons. The molecule has 0 saturated carbocycles. The molecule has 0 spiro atoms. The molecule has 0 aliphatic rings. The lowest BCUT2D eigenvalue weighted by molar-refractivity contribution is -0.137. The molecule has 5 N–H and O–H groups in total. The summed E-state index contributed by atoms with van der Waals surface area (Å²) in [6, 6.07) is 0. The van der Waals surface area contributed by atoms with Crippen LogP contribution in [0.2, 0.25) is 0 Å². The van der Waals surface area contributed by atoms with Gasteiger partial charge in [-0.1, -0.05) is 0 Å². The molecule has 0 aromatic carbocycles. The van der Waals surface area contributed by atoms with Crippen LogP contribution in [-0.4, -0.2) is 35.8 Å². The Morgan fingerprint density at radius 2 is 2.21 bits per heavy atom. The molecule has 0 aromatic heterocycles. The van der Waals surface area contributed by atoms with Gasteiger partial charge >= 0.3 is 12.6 Å². The minimum absolute atomic E-state index is 0.195. The van der Waals surface area contributed by atoms with Crippen molar-refractivity contribution in [2.75, 3.05) is 13.2 Å². The molecule has 6 nitrogen and oxygen atoms in total. The van der Waals surface area contributed by atoms with E-state index in [1.54, 1.807) is 0 Å². The van der Waals surface area contributed by atoms with Crippen molar-refractivity contribution >= 4 is 5.97 Å². The Morgan fingerprint density at radius 1 is 1.64 bits per heavy atom. The third kappa shape index (κ3) is 4.58. The third-order valence-electron chi connectivity index (χ3n) is 1.26. The molecule has 0 amide bonds. The number of carboxylic acids is 1. The Morgan fingerprint density at radius 3 is 2.57 bits per heavy atom. The van der Waals surface area contributed by atoms with Crippen LogP contribution >= 0.6 is 0 Å². The summed E-state index contributed by atoms with van der Waals surface area (Å²) in [5.41, 5.74) is 4.57. The van der Waals surface area contributed by atoms with Gasteiger partial charge in [-0.25, -0.2) is 10.6 Å². The van der Waals surface area contributed by atoms with Crippen LogP contribution in [-0.2, 0) is 9.53 Å². The fraction of sp³-hybridized carbons (Fsp3) is 0.500. The molecule has 0 unspecified atom stereocenters. The van der Waals surface area contributed by atoms with Crippen LogP contribution < -0.4 is 11.6 Å². The molecule has 0 rings (SSSR count). The zero-order valence-electron chi connectivity index (χ0n) is 7.19. The van der Waals surface area contributed by atoms with E-state index in [1.807, 2.05) is 0 Å². The molecule has 0 saturated heterocycles. The van der Waals surface area contributed by atoms with Gasteiger partial charge in [0.05, 0.1) is 13.2 Å². The number of nitrogens with two attached hydrogens (primary N) is 2. The van der Waals surface area contributed by atoms with Crippen LogP contribution in [0.25, 0.3) is 0 Å². The fourth-order valence-corrected chi connectivity index (χ4v) is 0.650. The molecule has 0 fully saturated rings. The number of carbonyl (C=O) groups is 1. The zero-order valence-corrected chi connectivity index (χ0v) is 7.19.